The predicted octanol–water partition coefficient (Wildman–Crippen LogP) is -1.89. The molecule has 0 aliphatic heterocycles. The molecule has 0 aromatic heterocycles. The molecule has 1 rings (SSSR count). The van der Waals surface area contributed by atoms with Gasteiger partial charge in [-0.05, 0) is 36.2 Å². The van der Waals surface area contributed by atoms with Gasteiger partial charge >= 0.3 is 35.5 Å². The second kappa shape index (κ2) is 7.84. The number of methoxy groups -OCH3 is 1. The van der Waals surface area contributed by atoms with Crippen molar-refractivity contribution >= 4 is 17.0 Å². The molecule has 1 atom stereocenters. The quantitative estimate of drug-likeness (QED) is 0.362. The molecule has 0 aliphatic carbocycles. The van der Waals surface area contributed by atoms with Crippen LogP contribution in [0.1, 0.15) is 17.3 Å². The Hall–Kier alpha value is -0.400. The van der Waals surface area contributed by atoms with Gasteiger partial charge < -0.3 is 14.0 Å². The van der Waals surface area contributed by atoms with E-state index in [1.54, 1.807) is 6.92 Å². The minimum atomic E-state index is -2.45. The van der Waals surface area contributed by atoms with Crippen molar-refractivity contribution in [1.82, 2.24) is 0 Å². The van der Waals surface area contributed by atoms with Crippen LogP contribution in [0.25, 0.3) is 0 Å². The zero-order valence-corrected chi connectivity index (χ0v) is 12.7. The van der Waals surface area contributed by atoms with Crippen molar-refractivity contribution in [3.8, 4) is 5.75 Å². The molecule has 17 heavy (non-hydrogen) atoms. The van der Waals surface area contributed by atoms with Crippen LogP contribution in [0, 0.1) is 0 Å². The molecule has 0 heterocycles. The van der Waals surface area contributed by atoms with E-state index in [4.69, 9.17) is 4.74 Å². The zero-order chi connectivity index (χ0) is 12.1. The van der Waals surface area contributed by atoms with Gasteiger partial charge in [-0.3, -0.25) is 4.21 Å². The number of carbonyl (C=O) groups excluding carboxylic acids is 1. The van der Waals surface area contributed by atoms with Crippen LogP contribution in [0.15, 0.2) is 23.1 Å². The standard InChI is InChI=1S/C10H12O5S.Na/c1-3-15-8-5-4-7(10(11)14-2)6-9(8)16(12)13;/h4-6H,3H2,1-2H3,(H,12,13);/q;+1/p-1. The summed E-state index contributed by atoms with van der Waals surface area (Å²) >= 11 is -2.45. The molecule has 1 unspecified atom stereocenters. The first-order valence-electron chi connectivity index (χ1n) is 4.54. The Morgan fingerprint density at radius 2 is 2.12 bits per heavy atom. The number of benzene rings is 1. The van der Waals surface area contributed by atoms with Gasteiger partial charge in [-0.2, -0.15) is 0 Å². The molecule has 0 fully saturated rings. The van der Waals surface area contributed by atoms with Gasteiger partial charge in [-0.15, -0.1) is 0 Å². The summed E-state index contributed by atoms with van der Waals surface area (Å²) in [6.07, 6.45) is 0. The first kappa shape index (κ1) is 16.6. The Morgan fingerprint density at radius 3 is 2.59 bits per heavy atom. The van der Waals surface area contributed by atoms with Crippen LogP contribution >= 0.6 is 0 Å². The minimum absolute atomic E-state index is 0. The van der Waals surface area contributed by atoms with Crippen molar-refractivity contribution in [2.75, 3.05) is 13.7 Å². The zero-order valence-electron chi connectivity index (χ0n) is 9.89. The summed E-state index contributed by atoms with van der Waals surface area (Å²) in [6.45, 7) is 2.09. The summed E-state index contributed by atoms with van der Waals surface area (Å²) in [5.41, 5.74) is 0.171. The van der Waals surface area contributed by atoms with Gasteiger partial charge in [-0.1, -0.05) is 0 Å². The van der Waals surface area contributed by atoms with E-state index in [0.29, 0.717) is 6.61 Å². The van der Waals surface area contributed by atoms with E-state index in [0.717, 1.165) is 0 Å². The Kier molecular flexibility index (Phi) is 7.65. The Balaban J connectivity index is 0.00000256. The summed E-state index contributed by atoms with van der Waals surface area (Å²) in [4.78, 5) is 11.1. The van der Waals surface area contributed by atoms with E-state index in [9.17, 15) is 13.6 Å². The van der Waals surface area contributed by atoms with Crippen LogP contribution < -0.4 is 34.3 Å². The summed E-state index contributed by atoms with van der Waals surface area (Å²) in [5, 5.41) is 0. The monoisotopic (exact) mass is 266 g/mol. The van der Waals surface area contributed by atoms with Gasteiger partial charge in [0.2, 0.25) is 0 Å². The van der Waals surface area contributed by atoms with Gasteiger partial charge in [0.15, 0.2) is 0 Å². The van der Waals surface area contributed by atoms with Crippen molar-refractivity contribution in [1.29, 1.82) is 0 Å². The average molecular weight is 266 g/mol. The largest absolute Gasteiger partial charge is 1.00 e. The number of carbonyl (C=O) groups is 1. The van der Waals surface area contributed by atoms with Crippen LogP contribution in [0.4, 0.5) is 0 Å². The van der Waals surface area contributed by atoms with Crippen molar-refractivity contribution in [3.63, 3.8) is 0 Å². The van der Waals surface area contributed by atoms with Crippen LogP contribution in [0.3, 0.4) is 0 Å². The number of rotatable bonds is 4. The fourth-order valence-electron chi connectivity index (χ4n) is 1.16. The average Bonchev–Trinajstić information content (AvgIpc) is 2.28. The SMILES string of the molecule is CCOc1ccc(C(=O)OC)cc1S(=O)[O-].[Na+]. The summed E-state index contributed by atoms with van der Waals surface area (Å²) in [7, 11) is 1.23. The smallest absolute Gasteiger partial charge is 0.768 e. The molecular formula is C10H11NaO5S. The van der Waals surface area contributed by atoms with E-state index in [1.165, 1.54) is 25.3 Å². The normalized spacial score (nSPS) is 11.2. The third-order valence-electron chi connectivity index (χ3n) is 1.84. The first-order chi connectivity index (χ1) is 7.60. The molecule has 1 aromatic carbocycles. The molecule has 1 aromatic rings. The third-order valence-corrected chi connectivity index (χ3v) is 2.52. The third kappa shape index (κ3) is 4.40. The van der Waals surface area contributed by atoms with Gasteiger partial charge in [0.05, 0.1) is 24.2 Å². The molecule has 0 N–H and O–H groups in total. The second-order valence-electron chi connectivity index (χ2n) is 2.82. The molecule has 0 bridgehead atoms. The van der Waals surface area contributed by atoms with E-state index in [1.807, 2.05) is 0 Å². The molecule has 5 nitrogen and oxygen atoms in total. The summed E-state index contributed by atoms with van der Waals surface area (Å²) < 4.78 is 31.5. The maximum absolute atomic E-state index is 11.2. The molecule has 0 saturated carbocycles. The molecule has 0 amide bonds. The van der Waals surface area contributed by atoms with Gasteiger partial charge in [-0.25, -0.2) is 4.79 Å². The van der Waals surface area contributed by atoms with E-state index >= 15 is 0 Å². The molecular weight excluding hydrogens is 255 g/mol. The van der Waals surface area contributed by atoms with Crippen molar-refractivity contribution in [2.24, 2.45) is 0 Å². The van der Waals surface area contributed by atoms with Crippen molar-refractivity contribution < 1.29 is 52.6 Å². The molecule has 7 heteroatoms. The van der Waals surface area contributed by atoms with Crippen LogP contribution in [0.5, 0.6) is 5.75 Å². The summed E-state index contributed by atoms with van der Waals surface area (Å²) in [5.74, 6) is -0.363. The van der Waals surface area contributed by atoms with Gasteiger partial charge in [0.25, 0.3) is 0 Å². The van der Waals surface area contributed by atoms with E-state index < -0.39 is 17.0 Å². The fourth-order valence-corrected chi connectivity index (χ4v) is 1.67. The van der Waals surface area contributed by atoms with Crippen molar-refractivity contribution in [3.05, 3.63) is 23.8 Å². The fraction of sp³-hybridized carbons (Fsp3) is 0.300. The number of hydrogen-bond donors (Lipinski definition) is 0. The molecule has 0 spiro atoms. The maximum Gasteiger partial charge on any atom is 1.00 e. The number of ether oxygens (including phenoxy) is 2. The summed E-state index contributed by atoms with van der Waals surface area (Å²) in [6, 6.07) is 4.11. The predicted molar refractivity (Wildman–Crippen MR) is 56.1 cm³/mol. The van der Waals surface area contributed by atoms with Gasteiger partial charge in [0, 0.05) is 0 Å². The Morgan fingerprint density at radius 1 is 1.47 bits per heavy atom. The molecule has 0 radical (unpaired) electrons. The number of hydrogen-bond acceptors (Lipinski definition) is 5. The van der Waals surface area contributed by atoms with Crippen LogP contribution in [0.2, 0.25) is 0 Å². The second-order valence-corrected chi connectivity index (χ2v) is 3.73. The first-order valence-corrected chi connectivity index (χ1v) is 5.62. The van der Waals surface area contributed by atoms with Crippen LogP contribution in [-0.4, -0.2) is 28.4 Å². The topological polar surface area (TPSA) is 75.7 Å². The maximum atomic E-state index is 11.2. The number of esters is 1. The van der Waals surface area contributed by atoms with E-state index in [-0.39, 0.29) is 45.8 Å². The molecule has 0 saturated heterocycles. The van der Waals surface area contributed by atoms with Crippen molar-refractivity contribution in [2.45, 2.75) is 11.8 Å². The Bertz CT molecular complexity index is 421. The molecule has 0 aliphatic rings. The van der Waals surface area contributed by atoms with Gasteiger partial charge in [0.1, 0.15) is 5.75 Å². The molecule has 88 valence electrons. The Labute approximate surface area is 124 Å². The van der Waals surface area contributed by atoms with E-state index in [2.05, 4.69) is 4.74 Å². The van der Waals surface area contributed by atoms with Crippen LogP contribution in [-0.2, 0) is 15.8 Å². The minimum Gasteiger partial charge on any atom is -0.768 e.